The van der Waals surface area contributed by atoms with Crippen molar-refractivity contribution in [3.8, 4) is 0 Å². The number of hydrogen-bond donors (Lipinski definition) is 0. The van der Waals surface area contributed by atoms with Crippen LogP contribution in [0.1, 0.15) is 72.4 Å². The third kappa shape index (κ3) is 4.09. The summed E-state index contributed by atoms with van der Waals surface area (Å²) in [7, 11) is 0. The smallest absolute Gasteiger partial charge is 0.185 e. The summed E-state index contributed by atoms with van der Waals surface area (Å²) < 4.78 is 0. The van der Waals surface area contributed by atoms with Gasteiger partial charge in [0.2, 0.25) is 0 Å². The maximum Gasteiger partial charge on any atom is 0.185 e. The average Bonchev–Trinajstić information content (AvgIpc) is 2.53. The van der Waals surface area contributed by atoms with Crippen LogP contribution < -0.4 is 0 Å². The number of rotatable bonds is 3. The van der Waals surface area contributed by atoms with E-state index in [9.17, 15) is 4.79 Å². The first-order valence-corrected chi connectivity index (χ1v) is 9.51. The number of benzene rings is 1. The lowest BCUT2D eigenvalue weighted by Gasteiger charge is -2.33. The molecule has 1 nitrogen and oxygen atoms in total. The molecule has 1 heteroatoms. The van der Waals surface area contributed by atoms with Crippen LogP contribution in [-0.4, -0.2) is 5.78 Å². The molecule has 1 unspecified atom stereocenters. The summed E-state index contributed by atoms with van der Waals surface area (Å²) in [4.78, 5) is 13.2. The molecule has 0 heterocycles. The standard InChI is InChI=1S/C25H34O/c1-10-25(8,9)21-16-18(15-20(22(21)26)24(5,6)7)17-11-13-19(14-12-17)23(2,3)4/h10-16,18H,1H2,2-9H3. The third-order valence-corrected chi connectivity index (χ3v) is 5.36. The fourth-order valence-electron chi connectivity index (χ4n) is 3.31. The van der Waals surface area contributed by atoms with Gasteiger partial charge in [-0.25, -0.2) is 0 Å². The molecule has 1 aromatic carbocycles. The van der Waals surface area contributed by atoms with Gasteiger partial charge in [0, 0.05) is 22.5 Å². The fourth-order valence-corrected chi connectivity index (χ4v) is 3.31. The summed E-state index contributed by atoms with van der Waals surface area (Å²) in [6, 6.07) is 8.82. The molecule has 0 N–H and O–H groups in total. The zero-order valence-corrected chi connectivity index (χ0v) is 17.7. The molecule has 0 aromatic heterocycles. The Morgan fingerprint density at radius 3 is 1.73 bits per heavy atom. The Balaban J connectivity index is 2.56. The van der Waals surface area contributed by atoms with Crippen LogP contribution in [0.15, 0.2) is 60.2 Å². The molecule has 0 radical (unpaired) electrons. The molecule has 0 aliphatic heterocycles. The molecule has 1 atom stereocenters. The molecular weight excluding hydrogens is 316 g/mol. The van der Waals surface area contributed by atoms with Crippen molar-refractivity contribution in [1.29, 1.82) is 0 Å². The van der Waals surface area contributed by atoms with Gasteiger partial charge in [-0.2, -0.15) is 0 Å². The van der Waals surface area contributed by atoms with E-state index in [1.165, 1.54) is 11.1 Å². The minimum atomic E-state index is -0.342. The molecule has 1 aliphatic rings. The third-order valence-electron chi connectivity index (χ3n) is 5.36. The summed E-state index contributed by atoms with van der Waals surface area (Å²) in [5.74, 6) is 0.273. The Morgan fingerprint density at radius 2 is 1.31 bits per heavy atom. The fraction of sp³-hybridized carbons (Fsp3) is 0.480. The maximum absolute atomic E-state index is 13.2. The van der Waals surface area contributed by atoms with Crippen LogP contribution in [0.2, 0.25) is 0 Å². The van der Waals surface area contributed by atoms with Gasteiger partial charge < -0.3 is 0 Å². The number of carbonyl (C=O) groups excluding carboxylic acids is 1. The van der Waals surface area contributed by atoms with Gasteiger partial charge in [0.15, 0.2) is 5.78 Å². The summed E-state index contributed by atoms with van der Waals surface area (Å²) >= 11 is 0. The van der Waals surface area contributed by atoms with Crippen molar-refractivity contribution in [2.24, 2.45) is 10.8 Å². The van der Waals surface area contributed by atoms with Crippen molar-refractivity contribution < 1.29 is 4.79 Å². The zero-order chi connectivity index (χ0) is 19.9. The highest BCUT2D eigenvalue weighted by molar-refractivity contribution is 6.11. The Morgan fingerprint density at radius 1 is 0.808 bits per heavy atom. The first kappa shape index (κ1) is 20.4. The lowest BCUT2D eigenvalue weighted by molar-refractivity contribution is -0.114. The van der Waals surface area contributed by atoms with Gasteiger partial charge in [-0.3, -0.25) is 4.79 Å². The van der Waals surface area contributed by atoms with Crippen molar-refractivity contribution >= 4 is 5.78 Å². The minimum Gasteiger partial charge on any atom is -0.289 e. The van der Waals surface area contributed by atoms with Crippen molar-refractivity contribution in [2.75, 3.05) is 0 Å². The predicted molar refractivity (Wildman–Crippen MR) is 112 cm³/mol. The van der Waals surface area contributed by atoms with Gasteiger partial charge in [-0.15, -0.1) is 6.58 Å². The van der Waals surface area contributed by atoms with E-state index >= 15 is 0 Å². The normalized spacial score (nSPS) is 19.1. The average molecular weight is 351 g/mol. The van der Waals surface area contributed by atoms with Crippen LogP contribution in [0.5, 0.6) is 0 Å². The highest BCUT2D eigenvalue weighted by atomic mass is 16.1. The maximum atomic E-state index is 13.2. The van der Waals surface area contributed by atoms with Gasteiger partial charge in [0.1, 0.15) is 0 Å². The van der Waals surface area contributed by atoms with Gasteiger partial charge in [-0.05, 0) is 22.0 Å². The second kappa shape index (κ2) is 6.68. The van der Waals surface area contributed by atoms with Gasteiger partial charge >= 0.3 is 0 Å². The zero-order valence-electron chi connectivity index (χ0n) is 17.7. The van der Waals surface area contributed by atoms with Crippen LogP contribution in [-0.2, 0) is 10.2 Å². The molecule has 0 saturated heterocycles. The topological polar surface area (TPSA) is 17.1 Å². The monoisotopic (exact) mass is 350 g/mol. The number of ketones is 1. The molecule has 0 fully saturated rings. The Hall–Kier alpha value is -1.89. The lowest BCUT2D eigenvalue weighted by atomic mass is 9.69. The lowest BCUT2D eigenvalue weighted by Crippen LogP contribution is -2.29. The minimum absolute atomic E-state index is 0.116. The largest absolute Gasteiger partial charge is 0.289 e. The van der Waals surface area contributed by atoms with E-state index in [1.54, 1.807) is 0 Å². The van der Waals surface area contributed by atoms with E-state index in [4.69, 9.17) is 0 Å². The van der Waals surface area contributed by atoms with Crippen molar-refractivity contribution in [3.05, 3.63) is 71.3 Å². The van der Waals surface area contributed by atoms with Crippen LogP contribution in [0.4, 0.5) is 0 Å². The van der Waals surface area contributed by atoms with Crippen molar-refractivity contribution in [3.63, 3.8) is 0 Å². The Labute approximate surface area is 159 Å². The molecule has 2 rings (SSSR count). The second-order valence-corrected chi connectivity index (χ2v) is 10.1. The number of carbonyl (C=O) groups is 1. The van der Waals surface area contributed by atoms with Crippen molar-refractivity contribution in [2.45, 2.75) is 66.7 Å². The molecule has 26 heavy (non-hydrogen) atoms. The van der Waals surface area contributed by atoms with E-state index in [0.29, 0.717) is 0 Å². The number of Topliss-reactive ketones (excluding diaryl/α,β-unsaturated/α-hetero) is 1. The van der Waals surface area contributed by atoms with Crippen LogP contribution >= 0.6 is 0 Å². The molecule has 1 aromatic rings. The van der Waals surface area contributed by atoms with E-state index in [1.807, 2.05) is 6.08 Å². The predicted octanol–water partition coefficient (Wildman–Crippen LogP) is 6.76. The van der Waals surface area contributed by atoms with Gasteiger partial charge in [0.25, 0.3) is 0 Å². The summed E-state index contributed by atoms with van der Waals surface area (Å²) in [5, 5.41) is 0. The van der Waals surface area contributed by atoms with Gasteiger partial charge in [0.05, 0.1) is 0 Å². The number of hydrogen-bond acceptors (Lipinski definition) is 1. The molecule has 0 spiro atoms. The molecular formula is C25H34O. The Kier molecular flexibility index (Phi) is 5.25. The quantitative estimate of drug-likeness (QED) is 0.550. The van der Waals surface area contributed by atoms with Crippen LogP contribution in [0.3, 0.4) is 0 Å². The second-order valence-electron chi connectivity index (χ2n) is 10.1. The SMILES string of the molecule is C=CC(C)(C)C1=CC(c2ccc(C(C)(C)C)cc2)C=C(C(C)(C)C)C1=O. The van der Waals surface area contributed by atoms with Gasteiger partial charge in [-0.1, -0.05) is 97.9 Å². The molecule has 1 aliphatic carbocycles. The Bertz CT molecular complexity index is 756. The first-order valence-electron chi connectivity index (χ1n) is 9.51. The summed E-state index contributed by atoms with van der Waals surface area (Å²) in [5.41, 5.74) is 3.91. The molecule has 0 amide bonds. The first-order chi connectivity index (χ1) is 11.8. The highest BCUT2D eigenvalue weighted by Crippen LogP contribution is 2.42. The van der Waals surface area contributed by atoms with E-state index in [0.717, 1.165) is 11.1 Å². The number of allylic oxidation sites excluding steroid dienone is 5. The molecule has 140 valence electrons. The van der Waals surface area contributed by atoms with Crippen LogP contribution in [0.25, 0.3) is 0 Å². The van der Waals surface area contributed by atoms with Crippen molar-refractivity contribution in [1.82, 2.24) is 0 Å². The molecule has 0 saturated carbocycles. The van der Waals surface area contributed by atoms with E-state index in [-0.39, 0.29) is 27.9 Å². The van der Waals surface area contributed by atoms with E-state index < -0.39 is 0 Å². The summed E-state index contributed by atoms with van der Waals surface area (Å²) in [6.07, 6.45) is 6.16. The van der Waals surface area contributed by atoms with Crippen LogP contribution in [0, 0.1) is 10.8 Å². The molecule has 0 bridgehead atoms. The van der Waals surface area contributed by atoms with E-state index in [2.05, 4.69) is 98.4 Å². The summed E-state index contributed by atoms with van der Waals surface area (Å²) in [6.45, 7) is 21.1. The highest BCUT2D eigenvalue weighted by Gasteiger charge is 2.36.